The number of nitrogens with zero attached hydrogens (tertiary/aromatic N) is 1. The van der Waals surface area contributed by atoms with E-state index in [-0.39, 0.29) is 24.2 Å². The number of carboxylic acid groups (broad SMARTS) is 1. The summed E-state index contributed by atoms with van der Waals surface area (Å²) >= 11 is 0. The number of carboxylic acids is 1. The van der Waals surface area contributed by atoms with Gasteiger partial charge in [0.2, 0.25) is 11.8 Å². The van der Waals surface area contributed by atoms with E-state index in [1.165, 1.54) is 4.90 Å². The molecule has 0 aromatic heterocycles. The third-order valence-electron chi connectivity index (χ3n) is 3.34. The predicted molar refractivity (Wildman–Crippen MR) is 62.6 cm³/mol. The van der Waals surface area contributed by atoms with Crippen LogP contribution in [0, 0.1) is 5.92 Å². The zero-order chi connectivity index (χ0) is 13.1. The van der Waals surface area contributed by atoms with E-state index < -0.39 is 12.0 Å². The number of rotatable bonds is 3. The molecule has 1 unspecified atom stereocenters. The molecule has 2 amide bonds. The molecular formula is C12H16N2O4. The fourth-order valence-corrected chi connectivity index (χ4v) is 2.40. The van der Waals surface area contributed by atoms with Crippen LogP contribution < -0.4 is 5.32 Å². The van der Waals surface area contributed by atoms with Gasteiger partial charge in [-0.05, 0) is 12.8 Å². The maximum absolute atomic E-state index is 12.3. The van der Waals surface area contributed by atoms with Gasteiger partial charge in [0.25, 0.3) is 0 Å². The zero-order valence-electron chi connectivity index (χ0n) is 9.96. The second kappa shape index (κ2) is 5.20. The molecule has 98 valence electrons. The van der Waals surface area contributed by atoms with Gasteiger partial charge in [0.1, 0.15) is 6.04 Å². The van der Waals surface area contributed by atoms with E-state index >= 15 is 0 Å². The van der Waals surface area contributed by atoms with Crippen molar-refractivity contribution in [3.8, 4) is 0 Å². The van der Waals surface area contributed by atoms with Crippen LogP contribution >= 0.6 is 0 Å². The standard InChI is InChI=1S/C12H16N2O4/c15-10(16)7-9-11(17)13-5-6-14(9)12(18)8-3-1-2-4-8/h1-2,8-9H,3-7H2,(H,13,17)(H,15,16). The molecule has 0 saturated carbocycles. The molecular weight excluding hydrogens is 236 g/mol. The van der Waals surface area contributed by atoms with Crippen molar-refractivity contribution in [2.45, 2.75) is 25.3 Å². The van der Waals surface area contributed by atoms with Crippen molar-refractivity contribution in [1.29, 1.82) is 0 Å². The lowest BCUT2D eigenvalue weighted by Crippen LogP contribution is -2.58. The monoisotopic (exact) mass is 252 g/mol. The zero-order valence-corrected chi connectivity index (χ0v) is 9.96. The van der Waals surface area contributed by atoms with Crippen LogP contribution in [0.4, 0.5) is 0 Å². The molecule has 18 heavy (non-hydrogen) atoms. The first kappa shape index (κ1) is 12.6. The highest BCUT2D eigenvalue weighted by molar-refractivity contribution is 5.92. The van der Waals surface area contributed by atoms with Crippen LogP contribution in [-0.2, 0) is 14.4 Å². The number of hydrogen-bond acceptors (Lipinski definition) is 3. The van der Waals surface area contributed by atoms with Gasteiger partial charge >= 0.3 is 5.97 Å². The normalized spacial score (nSPS) is 24.1. The van der Waals surface area contributed by atoms with Gasteiger partial charge in [-0.1, -0.05) is 12.2 Å². The molecule has 0 radical (unpaired) electrons. The molecule has 0 bridgehead atoms. The molecule has 0 spiro atoms. The Kier molecular flexibility index (Phi) is 3.64. The third kappa shape index (κ3) is 2.52. The Morgan fingerprint density at radius 1 is 1.39 bits per heavy atom. The Labute approximate surface area is 105 Å². The lowest BCUT2D eigenvalue weighted by atomic mass is 10.0. The van der Waals surface area contributed by atoms with E-state index in [1.807, 2.05) is 12.2 Å². The molecule has 1 atom stereocenters. The molecule has 2 rings (SSSR count). The first-order valence-corrected chi connectivity index (χ1v) is 6.04. The summed E-state index contributed by atoms with van der Waals surface area (Å²) < 4.78 is 0. The summed E-state index contributed by atoms with van der Waals surface area (Å²) in [5, 5.41) is 11.4. The molecule has 1 fully saturated rings. The van der Waals surface area contributed by atoms with Gasteiger partial charge in [0.15, 0.2) is 0 Å². The number of nitrogens with one attached hydrogen (secondary N) is 1. The van der Waals surface area contributed by atoms with Gasteiger partial charge in [0.05, 0.1) is 6.42 Å². The summed E-state index contributed by atoms with van der Waals surface area (Å²) in [5.41, 5.74) is 0. The smallest absolute Gasteiger partial charge is 0.305 e. The lowest BCUT2D eigenvalue weighted by molar-refractivity contribution is -0.150. The van der Waals surface area contributed by atoms with Crippen molar-refractivity contribution in [3.63, 3.8) is 0 Å². The fraction of sp³-hybridized carbons (Fsp3) is 0.583. The van der Waals surface area contributed by atoms with E-state index in [2.05, 4.69) is 5.32 Å². The van der Waals surface area contributed by atoms with Crippen molar-refractivity contribution in [2.24, 2.45) is 5.92 Å². The minimum atomic E-state index is -1.07. The third-order valence-corrected chi connectivity index (χ3v) is 3.34. The number of aliphatic carboxylic acids is 1. The Balaban J connectivity index is 2.09. The van der Waals surface area contributed by atoms with Crippen molar-refractivity contribution in [1.82, 2.24) is 10.2 Å². The maximum atomic E-state index is 12.3. The number of carbonyl (C=O) groups is 3. The molecule has 1 aliphatic carbocycles. The number of carbonyl (C=O) groups excluding carboxylic acids is 2. The van der Waals surface area contributed by atoms with Crippen LogP contribution in [0.1, 0.15) is 19.3 Å². The van der Waals surface area contributed by atoms with Crippen molar-refractivity contribution < 1.29 is 19.5 Å². The fourth-order valence-electron chi connectivity index (χ4n) is 2.40. The summed E-state index contributed by atoms with van der Waals surface area (Å²) in [7, 11) is 0. The average Bonchev–Trinajstić information content (AvgIpc) is 2.84. The molecule has 2 N–H and O–H groups in total. The van der Waals surface area contributed by atoms with E-state index in [0.29, 0.717) is 25.9 Å². The Hall–Kier alpha value is -1.85. The van der Waals surface area contributed by atoms with Crippen LogP contribution in [0.2, 0.25) is 0 Å². The summed E-state index contributed by atoms with van der Waals surface area (Å²) in [5.74, 6) is -1.68. The minimum absolute atomic E-state index is 0.110. The molecule has 1 aliphatic heterocycles. The molecule has 1 heterocycles. The number of amides is 2. The first-order valence-electron chi connectivity index (χ1n) is 6.04. The minimum Gasteiger partial charge on any atom is -0.481 e. The largest absolute Gasteiger partial charge is 0.481 e. The quantitative estimate of drug-likeness (QED) is 0.678. The van der Waals surface area contributed by atoms with Crippen LogP contribution in [0.3, 0.4) is 0 Å². The topological polar surface area (TPSA) is 86.7 Å². The highest BCUT2D eigenvalue weighted by atomic mass is 16.4. The molecule has 2 aliphatic rings. The summed E-state index contributed by atoms with van der Waals surface area (Å²) in [4.78, 5) is 36.1. The maximum Gasteiger partial charge on any atom is 0.305 e. The SMILES string of the molecule is O=C(O)CC1C(=O)NCCN1C(=O)C1CC=CC1. The molecule has 1 saturated heterocycles. The molecule has 6 nitrogen and oxygen atoms in total. The Morgan fingerprint density at radius 2 is 2.06 bits per heavy atom. The van der Waals surface area contributed by atoms with Crippen molar-refractivity contribution in [2.75, 3.05) is 13.1 Å². The predicted octanol–water partition coefficient (Wildman–Crippen LogP) is -0.246. The van der Waals surface area contributed by atoms with E-state index in [0.717, 1.165) is 0 Å². The van der Waals surface area contributed by atoms with Crippen LogP contribution in [0.15, 0.2) is 12.2 Å². The number of allylic oxidation sites excluding steroid dienone is 2. The summed E-state index contributed by atoms with van der Waals surface area (Å²) in [6.07, 6.45) is 4.91. The van der Waals surface area contributed by atoms with Crippen LogP contribution in [0.25, 0.3) is 0 Å². The van der Waals surface area contributed by atoms with Crippen LogP contribution in [0.5, 0.6) is 0 Å². The number of piperazine rings is 1. The second-order valence-electron chi connectivity index (χ2n) is 4.58. The van der Waals surface area contributed by atoms with Crippen LogP contribution in [-0.4, -0.2) is 46.9 Å². The van der Waals surface area contributed by atoms with Gasteiger partial charge in [-0.3, -0.25) is 14.4 Å². The highest BCUT2D eigenvalue weighted by Crippen LogP contribution is 2.23. The second-order valence-corrected chi connectivity index (χ2v) is 4.58. The molecule has 0 aromatic rings. The molecule has 6 heteroatoms. The van der Waals surface area contributed by atoms with E-state index in [9.17, 15) is 14.4 Å². The van der Waals surface area contributed by atoms with Crippen molar-refractivity contribution >= 4 is 17.8 Å². The lowest BCUT2D eigenvalue weighted by Gasteiger charge is -2.35. The van der Waals surface area contributed by atoms with Gasteiger partial charge in [-0.25, -0.2) is 0 Å². The van der Waals surface area contributed by atoms with Gasteiger partial charge in [-0.15, -0.1) is 0 Å². The molecule has 0 aromatic carbocycles. The van der Waals surface area contributed by atoms with Gasteiger partial charge in [-0.2, -0.15) is 0 Å². The summed E-state index contributed by atoms with van der Waals surface area (Å²) in [6.45, 7) is 0.778. The van der Waals surface area contributed by atoms with Gasteiger partial charge < -0.3 is 15.3 Å². The van der Waals surface area contributed by atoms with E-state index in [4.69, 9.17) is 5.11 Å². The Morgan fingerprint density at radius 3 is 2.67 bits per heavy atom. The van der Waals surface area contributed by atoms with E-state index in [1.54, 1.807) is 0 Å². The number of hydrogen-bond donors (Lipinski definition) is 2. The summed E-state index contributed by atoms with van der Waals surface area (Å²) in [6, 6.07) is -0.871. The van der Waals surface area contributed by atoms with Crippen molar-refractivity contribution in [3.05, 3.63) is 12.2 Å². The van der Waals surface area contributed by atoms with Gasteiger partial charge in [0, 0.05) is 19.0 Å². The average molecular weight is 252 g/mol. The Bertz CT molecular complexity index is 397. The first-order chi connectivity index (χ1) is 8.59. The highest BCUT2D eigenvalue weighted by Gasteiger charge is 2.37.